The molecule has 0 aromatic carbocycles. The van der Waals surface area contributed by atoms with Gasteiger partial charge in [-0.3, -0.25) is 4.79 Å². The third-order valence-electron chi connectivity index (χ3n) is 1.42. The van der Waals surface area contributed by atoms with E-state index >= 15 is 0 Å². The minimum absolute atomic E-state index is 0.0772. The quantitative estimate of drug-likeness (QED) is 0.554. The van der Waals surface area contributed by atoms with E-state index < -0.39 is 21.7 Å². The van der Waals surface area contributed by atoms with Gasteiger partial charge in [-0.15, -0.1) is 0 Å². The van der Waals surface area contributed by atoms with Crippen LogP contribution in [0.15, 0.2) is 0 Å². The molecule has 0 rings (SSSR count). The van der Waals surface area contributed by atoms with Gasteiger partial charge in [0.15, 0.2) is 9.84 Å². The van der Waals surface area contributed by atoms with E-state index in [-0.39, 0.29) is 18.1 Å². The van der Waals surface area contributed by atoms with Gasteiger partial charge in [0.1, 0.15) is 0 Å². The highest BCUT2D eigenvalue weighted by atomic mass is 32.2. The molecule has 0 saturated heterocycles. The minimum atomic E-state index is -3.20. The maximum absolute atomic E-state index is 11.1. The van der Waals surface area contributed by atoms with Gasteiger partial charge in [0.05, 0.1) is 11.5 Å². The van der Waals surface area contributed by atoms with Gasteiger partial charge in [-0.2, -0.15) is 0 Å². The molecular weight excluding hydrogens is 180 g/mol. The Bertz CT molecular complexity index is 248. The van der Waals surface area contributed by atoms with Crippen LogP contribution in [-0.4, -0.2) is 32.4 Å². The lowest BCUT2D eigenvalue weighted by Gasteiger charge is -2.06. The summed E-state index contributed by atoms with van der Waals surface area (Å²) in [5.74, 6) is -1.54. The lowest BCUT2D eigenvalue weighted by Crippen LogP contribution is -2.30. The molecule has 0 aliphatic heterocycles. The van der Waals surface area contributed by atoms with Crippen LogP contribution < -0.4 is 11.5 Å². The van der Waals surface area contributed by atoms with E-state index in [0.717, 1.165) is 0 Å². The zero-order valence-corrected chi connectivity index (χ0v) is 7.80. The molecule has 0 aromatic heterocycles. The Hall–Kier alpha value is -0.620. The van der Waals surface area contributed by atoms with Crippen LogP contribution in [0.1, 0.15) is 6.92 Å². The molecule has 1 unspecified atom stereocenters. The lowest BCUT2D eigenvalue weighted by atomic mass is 10.2. The van der Waals surface area contributed by atoms with E-state index in [9.17, 15) is 13.2 Å². The SMILES string of the molecule is CC(CS(=O)(=O)CCN)C(N)=O. The van der Waals surface area contributed by atoms with Gasteiger partial charge in [0, 0.05) is 12.5 Å². The van der Waals surface area contributed by atoms with Crippen molar-refractivity contribution in [3.05, 3.63) is 0 Å². The number of amides is 1. The summed E-state index contributed by atoms with van der Waals surface area (Å²) in [6.07, 6.45) is 0. The molecular formula is C6H14N2O3S. The average molecular weight is 194 g/mol. The Labute approximate surface area is 72.0 Å². The van der Waals surface area contributed by atoms with Crippen molar-refractivity contribution >= 4 is 15.7 Å². The van der Waals surface area contributed by atoms with Gasteiger partial charge in [-0.1, -0.05) is 6.92 Å². The monoisotopic (exact) mass is 194 g/mol. The topological polar surface area (TPSA) is 103 Å². The van der Waals surface area contributed by atoms with Crippen molar-refractivity contribution in [3.63, 3.8) is 0 Å². The van der Waals surface area contributed by atoms with Crippen molar-refractivity contribution in [2.75, 3.05) is 18.1 Å². The summed E-state index contributed by atoms with van der Waals surface area (Å²) in [5, 5.41) is 0. The maximum Gasteiger partial charge on any atom is 0.221 e. The molecule has 0 radical (unpaired) electrons. The lowest BCUT2D eigenvalue weighted by molar-refractivity contribution is -0.120. The molecule has 0 aliphatic carbocycles. The van der Waals surface area contributed by atoms with Crippen molar-refractivity contribution < 1.29 is 13.2 Å². The fraction of sp³-hybridized carbons (Fsp3) is 0.833. The first-order valence-corrected chi connectivity index (χ1v) is 5.41. The Morgan fingerprint density at radius 3 is 2.33 bits per heavy atom. The number of primary amides is 1. The van der Waals surface area contributed by atoms with Crippen LogP contribution >= 0.6 is 0 Å². The fourth-order valence-corrected chi connectivity index (χ4v) is 2.18. The minimum Gasteiger partial charge on any atom is -0.369 e. The molecule has 0 spiro atoms. The Morgan fingerprint density at radius 1 is 1.50 bits per heavy atom. The number of hydrogen-bond acceptors (Lipinski definition) is 4. The molecule has 0 aromatic rings. The molecule has 1 atom stereocenters. The molecule has 0 bridgehead atoms. The normalized spacial score (nSPS) is 14.2. The molecule has 72 valence electrons. The van der Waals surface area contributed by atoms with Gasteiger partial charge in [0.25, 0.3) is 0 Å². The summed E-state index contributed by atoms with van der Waals surface area (Å²) >= 11 is 0. The van der Waals surface area contributed by atoms with Crippen LogP contribution in [0, 0.1) is 5.92 Å². The van der Waals surface area contributed by atoms with Crippen molar-refractivity contribution in [2.45, 2.75) is 6.92 Å². The second-order valence-corrected chi connectivity index (χ2v) is 4.94. The van der Waals surface area contributed by atoms with Crippen LogP contribution in [0.5, 0.6) is 0 Å². The first-order chi connectivity index (χ1) is 5.39. The molecule has 12 heavy (non-hydrogen) atoms. The fourth-order valence-electron chi connectivity index (χ4n) is 0.726. The van der Waals surface area contributed by atoms with E-state index in [2.05, 4.69) is 0 Å². The summed E-state index contributed by atoms with van der Waals surface area (Å²) in [6, 6.07) is 0. The third-order valence-corrected chi connectivity index (χ3v) is 3.28. The van der Waals surface area contributed by atoms with E-state index in [1.54, 1.807) is 0 Å². The smallest absolute Gasteiger partial charge is 0.221 e. The zero-order valence-electron chi connectivity index (χ0n) is 6.99. The van der Waals surface area contributed by atoms with Gasteiger partial charge < -0.3 is 11.5 Å². The van der Waals surface area contributed by atoms with Crippen molar-refractivity contribution in [1.29, 1.82) is 0 Å². The molecule has 6 heteroatoms. The van der Waals surface area contributed by atoms with Crippen LogP contribution in [0.3, 0.4) is 0 Å². The predicted octanol–water partition coefficient (Wildman–Crippen LogP) is -1.52. The Morgan fingerprint density at radius 2 is 2.00 bits per heavy atom. The molecule has 5 nitrogen and oxygen atoms in total. The Balaban J connectivity index is 4.16. The predicted molar refractivity (Wildman–Crippen MR) is 46.1 cm³/mol. The summed E-state index contributed by atoms with van der Waals surface area (Å²) in [7, 11) is -3.20. The first kappa shape index (κ1) is 11.4. The standard InChI is InChI=1S/C6H14N2O3S/c1-5(6(8)9)4-12(10,11)3-2-7/h5H,2-4,7H2,1H3,(H2,8,9). The number of sulfone groups is 1. The van der Waals surface area contributed by atoms with Gasteiger partial charge in [-0.25, -0.2) is 8.42 Å². The highest BCUT2D eigenvalue weighted by Gasteiger charge is 2.18. The highest BCUT2D eigenvalue weighted by molar-refractivity contribution is 7.91. The first-order valence-electron chi connectivity index (χ1n) is 3.59. The van der Waals surface area contributed by atoms with E-state index in [4.69, 9.17) is 11.5 Å². The molecule has 0 aliphatic rings. The summed E-state index contributed by atoms with van der Waals surface area (Å²) < 4.78 is 22.1. The zero-order chi connectivity index (χ0) is 9.78. The number of rotatable bonds is 5. The molecule has 4 N–H and O–H groups in total. The van der Waals surface area contributed by atoms with Gasteiger partial charge >= 0.3 is 0 Å². The number of nitrogens with two attached hydrogens (primary N) is 2. The second kappa shape index (κ2) is 4.42. The van der Waals surface area contributed by atoms with E-state index in [0.29, 0.717) is 0 Å². The molecule has 0 heterocycles. The van der Waals surface area contributed by atoms with Crippen LogP contribution in [-0.2, 0) is 14.6 Å². The van der Waals surface area contributed by atoms with E-state index in [1.807, 2.05) is 0 Å². The van der Waals surface area contributed by atoms with Crippen molar-refractivity contribution in [1.82, 2.24) is 0 Å². The van der Waals surface area contributed by atoms with Crippen molar-refractivity contribution in [3.8, 4) is 0 Å². The molecule has 1 amide bonds. The van der Waals surface area contributed by atoms with E-state index in [1.165, 1.54) is 6.92 Å². The largest absolute Gasteiger partial charge is 0.369 e. The summed E-state index contributed by atoms with van der Waals surface area (Å²) in [5.41, 5.74) is 9.98. The number of carbonyl (C=O) groups excluding carboxylic acids is 1. The third kappa shape index (κ3) is 4.30. The van der Waals surface area contributed by atoms with Crippen LogP contribution in [0.4, 0.5) is 0 Å². The number of carbonyl (C=O) groups is 1. The number of hydrogen-bond donors (Lipinski definition) is 2. The maximum atomic E-state index is 11.1. The van der Waals surface area contributed by atoms with Crippen LogP contribution in [0.2, 0.25) is 0 Å². The summed E-state index contributed by atoms with van der Waals surface area (Å²) in [6.45, 7) is 1.56. The average Bonchev–Trinajstić information content (AvgIpc) is 1.85. The Kier molecular flexibility index (Phi) is 4.19. The van der Waals surface area contributed by atoms with Crippen molar-refractivity contribution in [2.24, 2.45) is 17.4 Å². The molecule has 0 fully saturated rings. The molecule has 0 saturated carbocycles. The highest BCUT2D eigenvalue weighted by Crippen LogP contribution is 2.00. The second-order valence-electron chi connectivity index (χ2n) is 2.71. The van der Waals surface area contributed by atoms with Crippen LogP contribution in [0.25, 0.3) is 0 Å². The summed E-state index contributed by atoms with van der Waals surface area (Å²) in [4.78, 5) is 10.5. The van der Waals surface area contributed by atoms with Gasteiger partial charge in [0.2, 0.25) is 5.91 Å². The van der Waals surface area contributed by atoms with Gasteiger partial charge in [-0.05, 0) is 0 Å².